The number of aryl methyl sites for hydroxylation is 1. The van der Waals surface area contributed by atoms with E-state index in [4.69, 9.17) is 19.5 Å². The van der Waals surface area contributed by atoms with Crippen molar-refractivity contribution < 1.29 is 14.2 Å². The van der Waals surface area contributed by atoms with Gasteiger partial charge in [-0.1, -0.05) is 0 Å². The first-order valence-corrected chi connectivity index (χ1v) is 5.98. The minimum Gasteiger partial charge on any atom is -0.454 e. The van der Waals surface area contributed by atoms with Gasteiger partial charge in [0.05, 0.1) is 23.5 Å². The minimum atomic E-state index is 0.241. The molecule has 6 heteroatoms. The van der Waals surface area contributed by atoms with Gasteiger partial charge in [-0.15, -0.1) is 0 Å². The van der Waals surface area contributed by atoms with Crippen LogP contribution in [0.5, 0.6) is 11.5 Å². The molecule has 1 aromatic heterocycles. The van der Waals surface area contributed by atoms with Gasteiger partial charge in [0, 0.05) is 25.8 Å². The molecule has 2 aromatic rings. The van der Waals surface area contributed by atoms with Crippen molar-refractivity contribution in [2.45, 2.75) is 19.6 Å². The smallest absolute Gasteiger partial charge is 0.231 e. The Morgan fingerprint density at radius 3 is 2.95 bits per heavy atom. The number of methoxy groups -OCH3 is 1. The first-order valence-electron chi connectivity index (χ1n) is 5.98. The van der Waals surface area contributed by atoms with Crippen LogP contribution >= 0.6 is 0 Å². The van der Waals surface area contributed by atoms with Crippen LogP contribution in [0.15, 0.2) is 12.1 Å². The van der Waals surface area contributed by atoms with Crippen molar-refractivity contribution in [2.75, 3.05) is 13.9 Å². The molecule has 2 heterocycles. The molecule has 0 saturated heterocycles. The number of imidazole rings is 1. The summed E-state index contributed by atoms with van der Waals surface area (Å²) in [4.78, 5) is 4.53. The van der Waals surface area contributed by atoms with E-state index in [2.05, 4.69) is 11.1 Å². The molecule has 0 amide bonds. The number of hydrogen-bond donors (Lipinski definition) is 0. The number of hydrogen-bond acceptors (Lipinski definition) is 5. The zero-order chi connectivity index (χ0) is 13.2. The summed E-state index contributed by atoms with van der Waals surface area (Å²) in [6.45, 7) is 1.24. The highest BCUT2D eigenvalue weighted by atomic mass is 16.7. The number of nitrogens with zero attached hydrogens (tertiary/aromatic N) is 3. The fraction of sp³-hybridized carbons (Fsp3) is 0.385. The molecular formula is C13H13N3O3. The maximum absolute atomic E-state index is 8.75. The van der Waals surface area contributed by atoms with Crippen LogP contribution in [-0.2, 0) is 17.9 Å². The van der Waals surface area contributed by atoms with E-state index in [0.717, 1.165) is 22.6 Å². The van der Waals surface area contributed by atoms with Gasteiger partial charge >= 0.3 is 0 Å². The molecule has 0 spiro atoms. The Labute approximate surface area is 110 Å². The zero-order valence-electron chi connectivity index (χ0n) is 10.5. The largest absolute Gasteiger partial charge is 0.454 e. The predicted molar refractivity (Wildman–Crippen MR) is 66.8 cm³/mol. The number of benzene rings is 1. The fourth-order valence-corrected chi connectivity index (χ4v) is 2.22. The highest BCUT2D eigenvalue weighted by molar-refractivity contribution is 5.81. The molecular weight excluding hydrogens is 246 g/mol. The Hall–Kier alpha value is -2.26. The molecule has 98 valence electrons. The Kier molecular flexibility index (Phi) is 2.97. The predicted octanol–water partition coefficient (Wildman–Crippen LogP) is 1.83. The third kappa shape index (κ3) is 1.98. The van der Waals surface area contributed by atoms with E-state index in [0.29, 0.717) is 25.3 Å². The van der Waals surface area contributed by atoms with Crippen LogP contribution in [0.4, 0.5) is 0 Å². The maximum atomic E-state index is 8.75. The summed E-state index contributed by atoms with van der Waals surface area (Å²) in [6, 6.07) is 5.91. The van der Waals surface area contributed by atoms with Crippen molar-refractivity contribution >= 4 is 11.0 Å². The van der Waals surface area contributed by atoms with E-state index in [9.17, 15) is 0 Å². The van der Waals surface area contributed by atoms with Gasteiger partial charge in [-0.2, -0.15) is 5.26 Å². The summed E-state index contributed by atoms with van der Waals surface area (Å²) >= 11 is 0. The van der Waals surface area contributed by atoms with E-state index in [1.165, 1.54) is 0 Å². The lowest BCUT2D eigenvalue weighted by atomic mass is 10.2. The fourth-order valence-electron chi connectivity index (χ4n) is 2.22. The highest BCUT2D eigenvalue weighted by Crippen LogP contribution is 2.36. The summed E-state index contributed by atoms with van der Waals surface area (Å²) in [5.41, 5.74) is 1.76. The Morgan fingerprint density at radius 1 is 1.42 bits per heavy atom. The van der Waals surface area contributed by atoms with Gasteiger partial charge in [-0.25, -0.2) is 4.98 Å². The molecule has 1 aromatic carbocycles. The van der Waals surface area contributed by atoms with Gasteiger partial charge in [-0.3, -0.25) is 0 Å². The molecule has 1 aliphatic rings. The normalized spacial score (nSPS) is 12.8. The Balaban J connectivity index is 2.12. The number of nitriles is 1. The molecule has 1 aliphatic heterocycles. The minimum absolute atomic E-state index is 0.241. The van der Waals surface area contributed by atoms with E-state index >= 15 is 0 Å². The summed E-state index contributed by atoms with van der Waals surface area (Å²) < 4.78 is 17.9. The standard InChI is InChI=1S/C13H13N3O3/c1-17-7-13-15-9-5-11-12(19-8-18-11)6-10(9)16(13)4-2-3-14/h5-6H,2,4,7-8H2,1H3. The molecule has 3 rings (SSSR count). The van der Waals surface area contributed by atoms with Gasteiger partial charge in [0.1, 0.15) is 12.4 Å². The summed E-state index contributed by atoms with van der Waals surface area (Å²) in [5.74, 6) is 2.23. The zero-order valence-corrected chi connectivity index (χ0v) is 10.5. The van der Waals surface area contributed by atoms with E-state index in [1.54, 1.807) is 7.11 Å². The van der Waals surface area contributed by atoms with Crippen molar-refractivity contribution in [2.24, 2.45) is 0 Å². The number of ether oxygens (including phenoxy) is 3. The van der Waals surface area contributed by atoms with Crippen LogP contribution in [0.2, 0.25) is 0 Å². The van der Waals surface area contributed by atoms with E-state index in [1.807, 2.05) is 16.7 Å². The number of rotatable bonds is 4. The molecule has 0 aliphatic carbocycles. The van der Waals surface area contributed by atoms with Gasteiger partial charge in [0.25, 0.3) is 0 Å². The van der Waals surface area contributed by atoms with E-state index in [-0.39, 0.29) is 6.79 Å². The maximum Gasteiger partial charge on any atom is 0.231 e. The quantitative estimate of drug-likeness (QED) is 0.837. The highest BCUT2D eigenvalue weighted by Gasteiger charge is 2.18. The van der Waals surface area contributed by atoms with Crippen molar-refractivity contribution in [3.8, 4) is 17.6 Å². The molecule has 0 unspecified atom stereocenters. The molecule has 0 N–H and O–H groups in total. The third-order valence-corrected chi connectivity index (χ3v) is 3.04. The second-order valence-electron chi connectivity index (χ2n) is 4.21. The molecule has 19 heavy (non-hydrogen) atoms. The second kappa shape index (κ2) is 4.78. The summed E-state index contributed by atoms with van der Waals surface area (Å²) in [7, 11) is 1.63. The average Bonchev–Trinajstić information content (AvgIpc) is 2.98. The van der Waals surface area contributed by atoms with Crippen LogP contribution in [0.25, 0.3) is 11.0 Å². The van der Waals surface area contributed by atoms with E-state index < -0.39 is 0 Å². The molecule has 0 fully saturated rings. The van der Waals surface area contributed by atoms with Gasteiger partial charge in [0.15, 0.2) is 11.5 Å². The first-order chi connectivity index (χ1) is 9.33. The SMILES string of the molecule is COCc1nc2cc3c(cc2n1CCC#N)OCO3. The summed E-state index contributed by atoms with van der Waals surface area (Å²) in [5, 5.41) is 8.75. The van der Waals surface area contributed by atoms with Crippen molar-refractivity contribution in [3.05, 3.63) is 18.0 Å². The molecule has 0 atom stereocenters. The third-order valence-electron chi connectivity index (χ3n) is 3.04. The topological polar surface area (TPSA) is 69.3 Å². The molecule has 6 nitrogen and oxygen atoms in total. The summed E-state index contributed by atoms with van der Waals surface area (Å²) in [6.07, 6.45) is 0.427. The number of fused-ring (bicyclic) bond motifs is 2. The monoisotopic (exact) mass is 259 g/mol. The average molecular weight is 259 g/mol. The van der Waals surface area contributed by atoms with Crippen LogP contribution in [0.3, 0.4) is 0 Å². The van der Waals surface area contributed by atoms with Crippen LogP contribution in [-0.4, -0.2) is 23.5 Å². The lowest BCUT2D eigenvalue weighted by molar-refractivity contribution is 0.173. The molecule has 0 bridgehead atoms. The van der Waals surface area contributed by atoms with Crippen molar-refractivity contribution in [1.82, 2.24) is 9.55 Å². The Bertz CT molecular complexity index is 657. The molecule has 0 saturated carbocycles. The van der Waals surface area contributed by atoms with Crippen LogP contribution in [0, 0.1) is 11.3 Å². The van der Waals surface area contributed by atoms with Crippen molar-refractivity contribution in [1.29, 1.82) is 5.26 Å². The van der Waals surface area contributed by atoms with Crippen LogP contribution < -0.4 is 9.47 Å². The van der Waals surface area contributed by atoms with Gasteiger partial charge < -0.3 is 18.8 Å². The lowest BCUT2D eigenvalue weighted by Crippen LogP contribution is -2.04. The Morgan fingerprint density at radius 2 is 2.21 bits per heavy atom. The number of aromatic nitrogens is 2. The lowest BCUT2D eigenvalue weighted by Gasteiger charge is -2.06. The van der Waals surface area contributed by atoms with Crippen molar-refractivity contribution in [3.63, 3.8) is 0 Å². The van der Waals surface area contributed by atoms with Gasteiger partial charge in [-0.05, 0) is 0 Å². The second-order valence-corrected chi connectivity index (χ2v) is 4.21. The first kappa shape index (κ1) is 11.8. The van der Waals surface area contributed by atoms with Crippen LogP contribution in [0.1, 0.15) is 12.2 Å². The molecule has 0 radical (unpaired) electrons. The van der Waals surface area contributed by atoms with Gasteiger partial charge in [0.2, 0.25) is 6.79 Å².